The summed E-state index contributed by atoms with van der Waals surface area (Å²) >= 11 is 0. The molecule has 3 rings (SSSR count). The second-order valence-electron chi connectivity index (χ2n) is 7.45. The standard InChI is InChI=1S/C23H28N2O2/c1-17(18-9-5-3-6-10-18)25(2)23(27)20-13-15-21(16-14-20)24-22(26)19-11-7-4-8-12-19/h4,7-8,11-18H,3,5-6,9-10H2,1-2H3,(H,24,26)/t17-/m1/s1. The van der Waals surface area contributed by atoms with Gasteiger partial charge in [0.2, 0.25) is 0 Å². The SMILES string of the molecule is C[C@H](C1CCCCC1)N(C)C(=O)c1ccc(NC(=O)c2ccccc2)cc1. The number of carbonyl (C=O) groups is 2. The van der Waals surface area contributed by atoms with Crippen molar-refractivity contribution in [2.75, 3.05) is 12.4 Å². The molecule has 2 aromatic rings. The number of nitrogens with zero attached hydrogens (tertiary/aromatic N) is 1. The minimum Gasteiger partial charge on any atom is -0.339 e. The first kappa shape index (κ1) is 19.2. The predicted molar refractivity (Wildman–Crippen MR) is 109 cm³/mol. The Morgan fingerprint density at radius 1 is 0.926 bits per heavy atom. The molecule has 0 heterocycles. The highest BCUT2D eigenvalue weighted by Crippen LogP contribution is 2.29. The van der Waals surface area contributed by atoms with Crippen molar-refractivity contribution in [2.24, 2.45) is 5.92 Å². The second-order valence-corrected chi connectivity index (χ2v) is 7.45. The molecule has 1 aliphatic rings. The van der Waals surface area contributed by atoms with Crippen LogP contribution in [0, 0.1) is 5.92 Å². The molecule has 1 saturated carbocycles. The van der Waals surface area contributed by atoms with E-state index in [4.69, 9.17) is 0 Å². The molecule has 1 fully saturated rings. The van der Waals surface area contributed by atoms with E-state index in [0.29, 0.717) is 22.7 Å². The Kier molecular flexibility index (Phi) is 6.28. The second kappa shape index (κ2) is 8.85. The van der Waals surface area contributed by atoms with Gasteiger partial charge in [-0.1, -0.05) is 37.5 Å². The van der Waals surface area contributed by atoms with Gasteiger partial charge >= 0.3 is 0 Å². The first-order valence-corrected chi connectivity index (χ1v) is 9.80. The topological polar surface area (TPSA) is 49.4 Å². The van der Waals surface area contributed by atoms with E-state index in [1.165, 1.54) is 32.1 Å². The summed E-state index contributed by atoms with van der Waals surface area (Å²) in [7, 11) is 1.90. The molecule has 0 spiro atoms. The van der Waals surface area contributed by atoms with E-state index in [9.17, 15) is 9.59 Å². The molecule has 1 atom stereocenters. The summed E-state index contributed by atoms with van der Waals surface area (Å²) in [5, 5.41) is 2.86. The van der Waals surface area contributed by atoms with Crippen molar-refractivity contribution in [3.8, 4) is 0 Å². The zero-order valence-electron chi connectivity index (χ0n) is 16.2. The van der Waals surface area contributed by atoms with Crippen molar-refractivity contribution < 1.29 is 9.59 Å². The Bertz CT molecular complexity index is 765. The molecule has 2 aromatic carbocycles. The van der Waals surface area contributed by atoms with E-state index in [1.807, 2.05) is 30.1 Å². The molecule has 2 amide bonds. The smallest absolute Gasteiger partial charge is 0.255 e. The van der Waals surface area contributed by atoms with E-state index in [2.05, 4.69) is 12.2 Å². The lowest BCUT2D eigenvalue weighted by Gasteiger charge is -2.34. The van der Waals surface area contributed by atoms with Gasteiger partial charge in [-0.15, -0.1) is 0 Å². The van der Waals surface area contributed by atoms with Crippen LogP contribution < -0.4 is 5.32 Å². The molecule has 142 valence electrons. The zero-order chi connectivity index (χ0) is 19.2. The number of hydrogen-bond acceptors (Lipinski definition) is 2. The highest BCUT2D eigenvalue weighted by molar-refractivity contribution is 6.04. The molecule has 0 radical (unpaired) electrons. The minimum atomic E-state index is -0.155. The molecule has 4 heteroatoms. The van der Waals surface area contributed by atoms with Gasteiger partial charge in [-0.25, -0.2) is 0 Å². The molecule has 0 bridgehead atoms. The highest BCUT2D eigenvalue weighted by atomic mass is 16.2. The fraction of sp³-hybridized carbons (Fsp3) is 0.391. The van der Waals surface area contributed by atoms with Crippen molar-refractivity contribution in [1.29, 1.82) is 0 Å². The number of nitrogens with one attached hydrogen (secondary N) is 1. The Balaban J connectivity index is 1.62. The maximum atomic E-state index is 12.8. The van der Waals surface area contributed by atoms with Crippen molar-refractivity contribution in [3.63, 3.8) is 0 Å². The quantitative estimate of drug-likeness (QED) is 0.813. The van der Waals surface area contributed by atoms with E-state index in [1.54, 1.807) is 36.4 Å². The van der Waals surface area contributed by atoms with E-state index >= 15 is 0 Å². The number of rotatable bonds is 5. The fourth-order valence-corrected chi connectivity index (χ4v) is 3.81. The van der Waals surface area contributed by atoms with Crippen LogP contribution in [-0.2, 0) is 0 Å². The number of anilines is 1. The van der Waals surface area contributed by atoms with E-state index in [-0.39, 0.29) is 17.9 Å². The molecule has 27 heavy (non-hydrogen) atoms. The van der Waals surface area contributed by atoms with Gasteiger partial charge in [0, 0.05) is 29.9 Å². The third-order valence-electron chi connectivity index (χ3n) is 5.69. The molecule has 0 unspecified atom stereocenters. The summed E-state index contributed by atoms with van der Waals surface area (Å²) in [5.41, 5.74) is 1.94. The molecule has 0 saturated heterocycles. The normalized spacial score (nSPS) is 15.8. The third kappa shape index (κ3) is 4.76. The van der Waals surface area contributed by atoms with Gasteiger partial charge < -0.3 is 10.2 Å². The van der Waals surface area contributed by atoms with Crippen LogP contribution in [0.5, 0.6) is 0 Å². The molecule has 0 aromatic heterocycles. The van der Waals surface area contributed by atoms with Gasteiger partial charge in [0.25, 0.3) is 11.8 Å². The van der Waals surface area contributed by atoms with Crippen LogP contribution in [0.2, 0.25) is 0 Å². The summed E-state index contributed by atoms with van der Waals surface area (Å²) in [6, 6.07) is 16.5. The predicted octanol–water partition coefficient (Wildman–Crippen LogP) is 4.98. The van der Waals surface area contributed by atoms with Crippen molar-refractivity contribution in [1.82, 2.24) is 4.90 Å². The van der Waals surface area contributed by atoms with Gasteiger partial charge in [0.15, 0.2) is 0 Å². The van der Waals surface area contributed by atoms with Gasteiger partial charge in [0.1, 0.15) is 0 Å². The van der Waals surface area contributed by atoms with Gasteiger partial charge in [-0.3, -0.25) is 9.59 Å². The lowest BCUT2D eigenvalue weighted by Crippen LogP contribution is -2.40. The van der Waals surface area contributed by atoms with Crippen LogP contribution >= 0.6 is 0 Å². The average molecular weight is 364 g/mol. The maximum absolute atomic E-state index is 12.8. The molecular weight excluding hydrogens is 336 g/mol. The number of amides is 2. The van der Waals surface area contributed by atoms with Gasteiger partial charge in [0.05, 0.1) is 0 Å². The Labute approximate surface area is 161 Å². The average Bonchev–Trinajstić information content (AvgIpc) is 2.74. The van der Waals surface area contributed by atoms with Crippen molar-refractivity contribution in [3.05, 3.63) is 65.7 Å². The summed E-state index contributed by atoms with van der Waals surface area (Å²) in [4.78, 5) is 26.9. The van der Waals surface area contributed by atoms with Gasteiger partial charge in [-0.05, 0) is 62.1 Å². The third-order valence-corrected chi connectivity index (χ3v) is 5.69. The summed E-state index contributed by atoms with van der Waals surface area (Å²) in [6.07, 6.45) is 6.28. The lowest BCUT2D eigenvalue weighted by molar-refractivity contribution is 0.0665. The van der Waals surface area contributed by atoms with E-state index in [0.717, 1.165) is 0 Å². The summed E-state index contributed by atoms with van der Waals surface area (Å²) in [6.45, 7) is 2.16. The zero-order valence-corrected chi connectivity index (χ0v) is 16.2. The summed E-state index contributed by atoms with van der Waals surface area (Å²) in [5.74, 6) is 0.476. The fourth-order valence-electron chi connectivity index (χ4n) is 3.81. The van der Waals surface area contributed by atoms with Crippen molar-refractivity contribution >= 4 is 17.5 Å². The van der Waals surface area contributed by atoms with Crippen LogP contribution in [0.1, 0.15) is 59.7 Å². The van der Waals surface area contributed by atoms with Crippen LogP contribution in [0.15, 0.2) is 54.6 Å². The largest absolute Gasteiger partial charge is 0.339 e. The Hall–Kier alpha value is -2.62. The molecule has 1 aliphatic carbocycles. The van der Waals surface area contributed by atoms with Crippen LogP contribution in [-0.4, -0.2) is 29.8 Å². The Morgan fingerprint density at radius 3 is 2.19 bits per heavy atom. The Morgan fingerprint density at radius 2 is 1.56 bits per heavy atom. The minimum absolute atomic E-state index is 0.0361. The monoisotopic (exact) mass is 364 g/mol. The molecule has 0 aliphatic heterocycles. The summed E-state index contributed by atoms with van der Waals surface area (Å²) < 4.78 is 0. The van der Waals surface area contributed by atoms with E-state index < -0.39 is 0 Å². The molecule has 4 nitrogen and oxygen atoms in total. The molecular formula is C23H28N2O2. The maximum Gasteiger partial charge on any atom is 0.255 e. The highest BCUT2D eigenvalue weighted by Gasteiger charge is 2.26. The van der Waals surface area contributed by atoms with Crippen molar-refractivity contribution in [2.45, 2.75) is 45.1 Å². The van der Waals surface area contributed by atoms with Crippen LogP contribution in [0.25, 0.3) is 0 Å². The lowest BCUT2D eigenvalue weighted by atomic mass is 9.84. The van der Waals surface area contributed by atoms with Crippen LogP contribution in [0.4, 0.5) is 5.69 Å². The van der Waals surface area contributed by atoms with Gasteiger partial charge in [-0.2, -0.15) is 0 Å². The van der Waals surface area contributed by atoms with Crippen LogP contribution in [0.3, 0.4) is 0 Å². The number of benzene rings is 2. The first-order chi connectivity index (χ1) is 13.1. The first-order valence-electron chi connectivity index (χ1n) is 9.80. The molecule has 1 N–H and O–H groups in total. The number of carbonyl (C=O) groups excluding carboxylic acids is 2. The number of hydrogen-bond donors (Lipinski definition) is 1.